The third-order valence-corrected chi connectivity index (χ3v) is 4.45. The van der Waals surface area contributed by atoms with Gasteiger partial charge in [0.25, 0.3) is 5.91 Å². The number of ether oxygens (including phenoxy) is 2. The molecule has 4 nitrogen and oxygen atoms in total. The largest absolute Gasteiger partial charge is 0.491 e. The minimum atomic E-state index is -0.521. The molecule has 152 valence electrons. The minimum absolute atomic E-state index is 0.0840. The molecule has 28 heavy (non-hydrogen) atoms. The summed E-state index contributed by atoms with van der Waals surface area (Å²) in [6.45, 7) is 10.7. The lowest BCUT2D eigenvalue weighted by Gasteiger charge is -2.18. The predicted molar refractivity (Wildman–Crippen MR) is 114 cm³/mol. The Morgan fingerprint density at radius 3 is 2.25 bits per heavy atom. The standard InChI is InChI=1S/C24H33NO3/c1-17(2)22-10-6-7-11-23(22)28-19(5)24(26)25-16-8-9-20-12-14-21(15-13-20)27-18(3)4/h6-7,10-15,17-19H,8-9,16H2,1-5H3,(H,25,26)/t19-/m0/s1. The lowest BCUT2D eigenvalue weighted by molar-refractivity contribution is -0.127. The molecule has 0 spiro atoms. The van der Waals surface area contributed by atoms with Gasteiger partial charge in [-0.25, -0.2) is 0 Å². The smallest absolute Gasteiger partial charge is 0.260 e. The molecule has 0 aliphatic rings. The van der Waals surface area contributed by atoms with Gasteiger partial charge in [-0.05, 0) is 68.9 Å². The summed E-state index contributed by atoms with van der Waals surface area (Å²) in [4.78, 5) is 12.3. The van der Waals surface area contributed by atoms with Gasteiger partial charge in [-0.15, -0.1) is 0 Å². The molecule has 2 aromatic carbocycles. The molecule has 1 amide bonds. The van der Waals surface area contributed by atoms with Gasteiger partial charge >= 0.3 is 0 Å². The van der Waals surface area contributed by atoms with Crippen molar-refractivity contribution in [3.8, 4) is 11.5 Å². The number of carbonyl (C=O) groups is 1. The number of benzene rings is 2. The number of rotatable bonds is 10. The highest BCUT2D eigenvalue weighted by molar-refractivity contribution is 5.80. The molecule has 0 fully saturated rings. The molecule has 0 bridgehead atoms. The number of amides is 1. The Labute approximate surface area is 169 Å². The van der Waals surface area contributed by atoms with E-state index in [1.54, 1.807) is 6.92 Å². The number of aryl methyl sites for hydroxylation is 1. The summed E-state index contributed by atoms with van der Waals surface area (Å²) >= 11 is 0. The first-order valence-corrected chi connectivity index (χ1v) is 10.2. The second kappa shape index (κ2) is 10.7. The lowest BCUT2D eigenvalue weighted by Crippen LogP contribution is -2.37. The molecular weight excluding hydrogens is 350 g/mol. The summed E-state index contributed by atoms with van der Waals surface area (Å²) in [5.41, 5.74) is 2.35. The molecule has 0 unspecified atom stereocenters. The summed E-state index contributed by atoms with van der Waals surface area (Å²) < 4.78 is 11.6. The Morgan fingerprint density at radius 2 is 1.61 bits per heavy atom. The van der Waals surface area contributed by atoms with Crippen LogP contribution in [0.15, 0.2) is 48.5 Å². The molecule has 0 heterocycles. The van der Waals surface area contributed by atoms with Gasteiger partial charge in [0.1, 0.15) is 11.5 Å². The van der Waals surface area contributed by atoms with E-state index in [0.717, 1.165) is 29.9 Å². The van der Waals surface area contributed by atoms with Crippen molar-refractivity contribution in [2.24, 2.45) is 0 Å². The number of para-hydroxylation sites is 1. The quantitative estimate of drug-likeness (QED) is 0.580. The molecular formula is C24H33NO3. The van der Waals surface area contributed by atoms with Crippen molar-refractivity contribution in [3.05, 3.63) is 59.7 Å². The number of hydrogen-bond acceptors (Lipinski definition) is 3. The van der Waals surface area contributed by atoms with Gasteiger partial charge in [0.2, 0.25) is 0 Å². The van der Waals surface area contributed by atoms with Crippen LogP contribution in [0.4, 0.5) is 0 Å². The van der Waals surface area contributed by atoms with E-state index in [9.17, 15) is 4.79 Å². The number of hydrogen-bond donors (Lipinski definition) is 1. The highest BCUT2D eigenvalue weighted by Crippen LogP contribution is 2.26. The van der Waals surface area contributed by atoms with Crippen LogP contribution in [0.3, 0.4) is 0 Å². The summed E-state index contributed by atoms with van der Waals surface area (Å²) in [7, 11) is 0. The number of nitrogens with one attached hydrogen (secondary N) is 1. The summed E-state index contributed by atoms with van der Waals surface area (Å²) in [6, 6.07) is 16.0. The van der Waals surface area contributed by atoms with Crippen molar-refractivity contribution in [3.63, 3.8) is 0 Å². The van der Waals surface area contributed by atoms with Gasteiger partial charge in [0.05, 0.1) is 6.10 Å². The normalized spacial score (nSPS) is 12.1. The maximum Gasteiger partial charge on any atom is 0.260 e. The Balaban J connectivity index is 1.75. The molecule has 1 atom stereocenters. The van der Waals surface area contributed by atoms with Gasteiger partial charge in [0, 0.05) is 6.54 Å². The van der Waals surface area contributed by atoms with Crippen molar-refractivity contribution < 1.29 is 14.3 Å². The van der Waals surface area contributed by atoms with Crippen LogP contribution in [0.2, 0.25) is 0 Å². The van der Waals surface area contributed by atoms with E-state index in [1.165, 1.54) is 5.56 Å². The molecule has 0 aromatic heterocycles. The van der Waals surface area contributed by atoms with Crippen LogP contribution in [-0.4, -0.2) is 24.7 Å². The molecule has 0 aliphatic heterocycles. The molecule has 0 saturated carbocycles. The topological polar surface area (TPSA) is 47.6 Å². The Kier molecular flexibility index (Phi) is 8.37. The van der Waals surface area contributed by atoms with Crippen LogP contribution < -0.4 is 14.8 Å². The van der Waals surface area contributed by atoms with E-state index in [0.29, 0.717) is 12.5 Å². The van der Waals surface area contributed by atoms with Crippen molar-refractivity contribution >= 4 is 5.91 Å². The first kappa shape index (κ1) is 21.8. The third kappa shape index (κ3) is 6.91. The van der Waals surface area contributed by atoms with Gasteiger partial charge in [-0.2, -0.15) is 0 Å². The van der Waals surface area contributed by atoms with Crippen molar-refractivity contribution in [1.29, 1.82) is 0 Å². The molecule has 4 heteroatoms. The van der Waals surface area contributed by atoms with Crippen molar-refractivity contribution in [2.45, 2.75) is 65.6 Å². The first-order chi connectivity index (χ1) is 13.4. The van der Waals surface area contributed by atoms with Crippen LogP contribution in [0, 0.1) is 0 Å². The minimum Gasteiger partial charge on any atom is -0.491 e. The van der Waals surface area contributed by atoms with E-state index in [-0.39, 0.29) is 12.0 Å². The Morgan fingerprint density at radius 1 is 0.929 bits per heavy atom. The maximum absolute atomic E-state index is 12.3. The second-order valence-corrected chi connectivity index (χ2v) is 7.66. The van der Waals surface area contributed by atoms with Gasteiger partial charge in [0.15, 0.2) is 6.10 Å². The van der Waals surface area contributed by atoms with Crippen LogP contribution in [0.1, 0.15) is 58.1 Å². The summed E-state index contributed by atoms with van der Waals surface area (Å²) in [5, 5.41) is 2.97. The van der Waals surface area contributed by atoms with Gasteiger partial charge < -0.3 is 14.8 Å². The van der Waals surface area contributed by atoms with Crippen molar-refractivity contribution in [2.75, 3.05) is 6.54 Å². The average Bonchev–Trinajstić information content (AvgIpc) is 2.66. The zero-order valence-corrected chi connectivity index (χ0v) is 17.7. The highest BCUT2D eigenvalue weighted by atomic mass is 16.5. The average molecular weight is 384 g/mol. The van der Waals surface area contributed by atoms with E-state index < -0.39 is 6.10 Å². The second-order valence-electron chi connectivity index (χ2n) is 7.66. The summed E-state index contributed by atoms with van der Waals surface area (Å²) in [5.74, 6) is 1.94. The third-order valence-electron chi connectivity index (χ3n) is 4.45. The van der Waals surface area contributed by atoms with Crippen LogP contribution in [0.25, 0.3) is 0 Å². The van der Waals surface area contributed by atoms with Crippen LogP contribution in [-0.2, 0) is 11.2 Å². The summed E-state index contributed by atoms with van der Waals surface area (Å²) in [6.07, 6.45) is 1.45. The van der Waals surface area contributed by atoms with Crippen molar-refractivity contribution in [1.82, 2.24) is 5.32 Å². The highest BCUT2D eigenvalue weighted by Gasteiger charge is 2.16. The molecule has 0 saturated heterocycles. The van der Waals surface area contributed by atoms with Crippen LogP contribution >= 0.6 is 0 Å². The van der Waals surface area contributed by atoms with E-state index in [1.807, 2.05) is 50.2 Å². The zero-order chi connectivity index (χ0) is 20.5. The molecule has 2 rings (SSSR count). The first-order valence-electron chi connectivity index (χ1n) is 10.2. The molecule has 2 aromatic rings. The maximum atomic E-state index is 12.3. The SMILES string of the molecule is CC(C)Oc1ccc(CCCNC(=O)[C@H](C)Oc2ccccc2C(C)C)cc1. The fraction of sp³-hybridized carbons (Fsp3) is 0.458. The monoisotopic (exact) mass is 383 g/mol. The van der Waals surface area contributed by atoms with E-state index >= 15 is 0 Å². The Bertz CT molecular complexity index is 738. The van der Waals surface area contributed by atoms with E-state index in [2.05, 4.69) is 31.3 Å². The fourth-order valence-corrected chi connectivity index (χ4v) is 2.96. The Hall–Kier alpha value is -2.49. The fourth-order valence-electron chi connectivity index (χ4n) is 2.96. The molecule has 0 aliphatic carbocycles. The number of carbonyl (C=O) groups excluding carboxylic acids is 1. The molecule has 1 N–H and O–H groups in total. The van der Waals surface area contributed by atoms with Crippen LogP contribution in [0.5, 0.6) is 11.5 Å². The zero-order valence-electron chi connectivity index (χ0n) is 17.7. The van der Waals surface area contributed by atoms with Gasteiger partial charge in [-0.3, -0.25) is 4.79 Å². The van der Waals surface area contributed by atoms with Gasteiger partial charge in [-0.1, -0.05) is 44.2 Å². The predicted octanol–water partition coefficient (Wildman–Crippen LogP) is 5.11. The molecule has 0 radical (unpaired) electrons. The lowest BCUT2D eigenvalue weighted by atomic mass is 10.0. The van der Waals surface area contributed by atoms with E-state index in [4.69, 9.17) is 9.47 Å².